The second kappa shape index (κ2) is 6.96. The molecule has 0 unspecified atom stereocenters. The van der Waals surface area contributed by atoms with Gasteiger partial charge in [-0.1, -0.05) is 36.9 Å². The number of carbonyl (C=O) groups excluding carboxylic acids is 1. The summed E-state index contributed by atoms with van der Waals surface area (Å²) < 4.78 is 11.1. The van der Waals surface area contributed by atoms with Crippen molar-refractivity contribution >= 4 is 17.1 Å². The molecule has 0 saturated heterocycles. The Balaban J connectivity index is 2.27. The van der Waals surface area contributed by atoms with Gasteiger partial charge in [-0.2, -0.15) is 0 Å². The Kier molecular flexibility index (Phi) is 4.57. The summed E-state index contributed by atoms with van der Waals surface area (Å²) in [5.74, 6) is 1.15. The molecule has 1 aromatic heterocycles. The maximum atomic E-state index is 11.2. The van der Waals surface area contributed by atoms with Crippen LogP contribution in [0.1, 0.15) is 10.4 Å². The molecule has 0 bridgehead atoms. The molecule has 2 aromatic carbocycles. The molecule has 0 aliphatic carbocycles. The topological polar surface area (TPSA) is 48.4 Å². The second-order valence-electron chi connectivity index (χ2n) is 5.21. The molecular weight excluding hydrogens is 302 g/mol. The van der Waals surface area contributed by atoms with E-state index in [0.29, 0.717) is 29.5 Å². The molecule has 0 aliphatic rings. The first-order valence-electron chi connectivity index (χ1n) is 7.54. The summed E-state index contributed by atoms with van der Waals surface area (Å²) in [6.45, 7) is 4.03. The third-order valence-electron chi connectivity index (χ3n) is 3.68. The molecule has 0 fully saturated rings. The molecule has 0 radical (unpaired) electrons. The molecule has 4 nitrogen and oxygen atoms in total. The van der Waals surface area contributed by atoms with E-state index in [4.69, 9.17) is 9.47 Å². The molecule has 0 N–H and O–H groups in total. The van der Waals surface area contributed by atoms with E-state index in [1.807, 2.05) is 30.3 Å². The van der Waals surface area contributed by atoms with Gasteiger partial charge in [0.1, 0.15) is 18.6 Å². The van der Waals surface area contributed by atoms with Gasteiger partial charge < -0.3 is 9.47 Å². The average Bonchev–Trinajstić information content (AvgIpc) is 2.65. The number of pyridine rings is 1. The Morgan fingerprint density at radius 3 is 2.75 bits per heavy atom. The van der Waals surface area contributed by atoms with E-state index in [0.717, 1.165) is 22.6 Å². The Bertz CT molecular complexity index is 903. The normalized spacial score (nSPS) is 10.4. The van der Waals surface area contributed by atoms with Crippen LogP contribution in [0.3, 0.4) is 0 Å². The van der Waals surface area contributed by atoms with Crippen LogP contribution in [0.5, 0.6) is 11.6 Å². The van der Waals surface area contributed by atoms with Gasteiger partial charge in [-0.3, -0.25) is 4.79 Å². The molecule has 3 aromatic rings. The minimum absolute atomic E-state index is 0.371. The smallest absolute Gasteiger partial charge is 0.214 e. The maximum Gasteiger partial charge on any atom is 0.214 e. The van der Waals surface area contributed by atoms with Crippen molar-refractivity contribution < 1.29 is 14.3 Å². The SMILES string of the molecule is C=CCOc1cc2ccccc2c(-c2cc(C=O)ccc2OC)n1. The van der Waals surface area contributed by atoms with E-state index in [-0.39, 0.29) is 0 Å². The molecule has 24 heavy (non-hydrogen) atoms. The van der Waals surface area contributed by atoms with Crippen LogP contribution < -0.4 is 9.47 Å². The van der Waals surface area contributed by atoms with E-state index >= 15 is 0 Å². The van der Waals surface area contributed by atoms with Crippen molar-refractivity contribution in [2.45, 2.75) is 0 Å². The summed E-state index contributed by atoms with van der Waals surface area (Å²) in [6.07, 6.45) is 2.48. The molecule has 3 rings (SSSR count). The Hall–Kier alpha value is -3.14. The lowest BCUT2D eigenvalue weighted by atomic mass is 10.0. The van der Waals surface area contributed by atoms with Crippen molar-refractivity contribution in [2.24, 2.45) is 0 Å². The standard InChI is InChI=1S/C20H17NO3/c1-3-10-24-19-12-15-6-4-5-7-16(15)20(21-19)17-11-14(13-22)8-9-18(17)23-2/h3-9,11-13H,1,10H2,2H3. The van der Waals surface area contributed by atoms with Crippen molar-refractivity contribution in [2.75, 3.05) is 13.7 Å². The highest BCUT2D eigenvalue weighted by Crippen LogP contribution is 2.35. The van der Waals surface area contributed by atoms with Crippen molar-refractivity contribution in [1.82, 2.24) is 4.98 Å². The molecule has 120 valence electrons. The molecule has 0 spiro atoms. The first-order valence-corrected chi connectivity index (χ1v) is 7.54. The summed E-state index contributed by atoms with van der Waals surface area (Å²) in [6, 6.07) is 15.0. The van der Waals surface area contributed by atoms with Crippen LogP contribution in [0.2, 0.25) is 0 Å². The van der Waals surface area contributed by atoms with E-state index in [1.165, 1.54) is 0 Å². The van der Waals surface area contributed by atoms with Crippen molar-refractivity contribution in [3.63, 3.8) is 0 Å². The third kappa shape index (κ3) is 2.99. The lowest BCUT2D eigenvalue weighted by Crippen LogP contribution is -1.99. The van der Waals surface area contributed by atoms with Crippen molar-refractivity contribution in [3.05, 3.63) is 66.7 Å². The number of carbonyl (C=O) groups is 1. The van der Waals surface area contributed by atoms with E-state index < -0.39 is 0 Å². The highest BCUT2D eigenvalue weighted by Gasteiger charge is 2.14. The molecule has 0 aliphatic heterocycles. The fraction of sp³-hybridized carbons (Fsp3) is 0.100. The summed E-state index contributed by atoms with van der Waals surface area (Å²) in [5.41, 5.74) is 2.03. The maximum absolute atomic E-state index is 11.2. The van der Waals surface area contributed by atoms with Crippen LogP contribution in [0.15, 0.2) is 61.2 Å². The van der Waals surface area contributed by atoms with Gasteiger partial charge in [-0.25, -0.2) is 4.98 Å². The first-order chi connectivity index (χ1) is 11.8. The fourth-order valence-corrected chi connectivity index (χ4v) is 2.58. The Labute approximate surface area is 140 Å². The number of ether oxygens (including phenoxy) is 2. The van der Waals surface area contributed by atoms with E-state index in [1.54, 1.807) is 31.4 Å². The lowest BCUT2D eigenvalue weighted by molar-refractivity contribution is 0.112. The largest absolute Gasteiger partial charge is 0.496 e. The highest BCUT2D eigenvalue weighted by atomic mass is 16.5. The number of hydrogen-bond donors (Lipinski definition) is 0. The van der Waals surface area contributed by atoms with Crippen LogP contribution in [0.25, 0.3) is 22.0 Å². The number of methoxy groups -OCH3 is 1. The first kappa shape index (κ1) is 15.7. The zero-order valence-corrected chi connectivity index (χ0v) is 13.4. The van der Waals surface area contributed by atoms with Gasteiger partial charge in [0.2, 0.25) is 5.88 Å². The lowest BCUT2D eigenvalue weighted by Gasteiger charge is -2.13. The quantitative estimate of drug-likeness (QED) is 0.502. The van der Waals surface area contributed by atoms with Gasteiger partial charge in [-0.05, 0) is 23.6 Å². The second-order valence-corrected chi connectivity index (χ2v) is 5.21. The number of fused-ring (bicyclic) bond motifs is 1. The minimum atomic E-state index is 0.371. The number of aromatic nitrogens is 1. The van der Waals surface area contributed by atoms with Gasteiger partial charge in [0, 0.05) is 22.6 Å². The van der Waals surface area contributed by atoms with Crippen molar-refractivity contribution in [1.29, 1.82) is 0 Å². The van der Waals surface area contributed by atoms with Crippen LogP contribution in [0.4, 0.5) is 0 Å². The number of benzene rings is 2. The van der Waals surface area contributed by atoms with Gasteiger partial charge in [0.25, 0.3) is 0 Å². The summed E-state index contributed by atoms with van der Waals surface area (Å²) in [4.78, 5) is 15.8. The fourth-order valence-electron chi connectivity index (χ4n) is 2.58. The van der Waals surface area contributed by atoms with Crippen molar-refractivity contribution in [3.8, 4) is 22.9 Å². The van der Waals surface area contributed by atoms with E-state index in [2.05, 4.69) is 11.6 Å². The molecule has 0 amide bonds. The summed E-state index contributed by atoms with van der Waals surface area (Å²) in [7, 11) is 1.60. The summed E-state index contributed by atoms with van der Waals surface area (Å²) >= 11 is 0. The molecular formula is C20H17NO3. The van der Waals surface area contributed by atoms with Gasteiger partial charge in [0.15, 0.2) is 0 Å². The minimum Gasteiger partial charge on any atom is -0.496 e. The predicted octanol–water partition coefficient (Wildman–Crippen LogP) is 4.29. The molecule has 1 heterocycles. The Morgan fingerprint density at radius 1 is 1.17 bits per heavy atom. The summed E-state index contributed by atoms with van der Waals surface area (Å²) in [5, 5.41) is 1.96. The average molecular weight is 319 g/mol. The highest BCUT2D eigenvalue weighted by molar-refractivity contribution is 5.97. The zero-order valence-electron chi connectivity index (χ0n) is 13.4. The molecule has 0 saturated carbocycles. The van der Waals surface area contributed by atoms with Crippen LogP contribution in [0, 0.1) is 0 Å². The number of aldehydes is 1. The Morgan fingerprint density at radius 2 is 2.00 bits per heavy atom. The monoisotopic (exact) mass is 319 g/mol. The number of rotatable bonds is 6. The zero-order chi connectivity index (χ0) is 16.9. The molecule has 4 heteroatoms. The third-order valence-corrected chi connectivity index (χ3v) is 3.68. The van der Waals surface area contributed by atoms with Crippen LogP contribution in [-0.4, -0.2) is 25.0 Å². The predicted molar refractivity (Wildman–Crippen MR) is 94.8 cm³/mol. The van der Waals surface area contributed by atoms with Crippen LogP contribution >= 0.6 is 0 Å². The number of hydrogen-bond acceptors (Lipinski definition) is 4. The number of nitrogens with zero attached hydrogens (tertiary/aromatic N) is 1. The van der Waals surface area contributed by atoms with E-state index in [9.17, 15) is 4.79 Å². The van der Waals surface area contributed by atoms with Crippen LogP contribution in [-0.2, 0) is 0 Å². The van der Waals surface area contributed by atoms with Gasteiger partial charge in [0.05, 0.1) is 12.8 Å². The van der Waals surface area contributed by atoms with Gasteiger partial charge in [-0.15, -0.1) is 0 Å². The van der Waals surface area contributed by atoms with Gasteiger partial charge >= 0.3 is 0 Å². The molecule has 0 atom stereocenters.